The van der Waals surface area contributed by atoms with E-state index >= 15 is 0 Å². The lowest BCUT2D eigenvalue weighted by Crippen LogP contribution is -2.18. The number of ether oxygens (including phenoxy) is 1. The van der Waals surface area contributed by atoms with Crippen molar-refractivity contribution in [1.29, 1.82) is 0 Å². The Morgan fingerprint density at radius 2 is 1.97 bits per heavy atom. The van der Waals surface area contributed by atoms with Crippen LogP contribution in [0, 0.1) is 0 Å². The molecule has 1 amide bonds. The number of fused-ring (bicyclic) bond motifs is 2. The smallest absolute Gasteiger partial charge is 0.255 e. The number of nitrogens with one attached hydrogen (secondary N) is 1. The van der Waals surface area contributed by atoms with Gasteiger partial charge in [-0.3, -0.25) is 4.79 Å². The van der Waals surface area contributed by atoms with Crippen LogP contribution >= 0.6 is 23.5 Å². The molecule has 180 valence electrons. The lowest BCUT2D eigenvalue weighted by Gasteiger charge is -2.22. The third kappa shape index (κ3) is 4.58. The Morgan fingerprint density at radius 3 is 2.69 bits per heavy atom. The number of nitrogens with zero attached hydrogens (tertiary/aromatic N) is 3. The van der Waals surface area contributed by atoms with Crippen molar-refractivity contribution in [3.8, 4) is 22.8 Å². The quantitative estimate of drug-likeness (QED) is 0.302. The maximum atomic E-state index is 13.0. The largest absolute Gasteiger partial charge is 0.457 e. The molecule has 1 N–H and O–H groups in total. The SMILES string of the molecule is CNC(=O)c1c(-c2ccc(Oc3cccc(Cl)c3)cc2)nn2cc3c(cc12)C(C)CCCN3SC. The molecule has 0 radical (unpaired) electrons. The average Bonchev–Trinajstić information content (AvgIpc) is 3.16. The molecule has 35 heavy (non-hydrogen) atoms. The molecule has 0 spiro atoms. The Labute approximate surface area is 214 Å². The molecule has 0 saturated carbocycles. The summed E-state index contributed by atoms with van der Waals surface area (Å²) in [6.07, 6.45) is 6.41. The van der Waals surface area contributed by atoms with E-state index in [2.05, 4.69) is 35.1 Å². The van der Waals surface area contributed by atoms with Crippen LogP contribution in [-0.4, -0.2) is 35.4 Å². The number of anilines is 1. The second-order valence-electron chi connectivity index (χ2n) is 8.66. The molecule has 0 aliphatic carbocycles. The number of rotatable bonds is 5. The molecular weight excluding hydrogens is 480 g/mol. The topological polar surface area (TPSA) is 58.9 Å². The molecule has 1 aliphatic rings. The Balaban J connectivity index is 1.58. The fraction of sp³-hybridized carbons (Fsp3) is 0.259. The number of hydrogen-bond donors (Lipinski definition) is 1. The van der Waals surface area contributed by atoms with Gasteiger partial charge >= 0.3 is 0 Å². The summed E-state index contributed by atoms with van der Waals surface area (Å²) in [4.78, 5) is 13.0. The van der Waals surface area contributed by atoms with Gasteiger partial charge in [-0.1, -0.05) is 36.5 Å². The number of hydrogen-bond acceptors (Lipinski definition) is 5. The highest BCUT2D eigenvalue weighted by atomic mass is 35.5. The molecule has 0 bridgehead atoms. The van der Waals surface area contributed by atoms with Crippen LogP contribution in [0.5, 0.6) is 11.5 Å². The van der Waals surface area contributed by atoms with Crippen molar-refractivity contribution in [1.82, 2.24) is 14.9 Å². The normalized spacial score (nSPS) is 15.5. The Hall–Kier alpha value is -3.16. The molecule has 1 atom stereocenters. The van der Waals surface area contributed by atoms with Gasteiger partial charge in [0.15, 0.2) is 0 Å². The van der Waals surface area contributed by atoms with Crippen LogP contribution in [0.3, 0.4) is 0 Å². The minimum absolute atomic E-state index is 0.155. The first-order valence-corrected chi connectivity index (χ1v) is 13.2. The Bertz CT molecular complexity index is 1390. The molecule has 4 aromatic rings. The standard InChI is InChI=1S/C27H27ClN4O2S/c1-17-6-5-13-32(35-3)24-16-31-23(15-22(17)24)25(27(33)29-2)26(30-31)18-9-11-20(12-10-18)34-21-8-4-7-19(28)14-21/h4,7-12,14-17H,5-6,13H2,1-3H3,(H,29,33). The lowest BCUT2D eigenvalue weighted by atomic mass is 9.96. The van der Waals surface area contributed by atoms with Crippen molar-refractivity contribution in [3.05, 3.63) is 76.9 Å². The van der Waals surface area contributed by atoms with E-state index in [0.29, 0.717) is 33.7 Å². The number of halogens is 1. The predicted molar refractivity (Wildman–Crippen MR) is 144 cm³/mol. The van der Waals surface area contributed by atoms with Gasteiger partial charge in [-0.2, -0.15) is 5.10 Å². The molecule has 0 fully saturated rings. The minimum Gasteiger partial charge on any atom is -0.457 e. The van der Waals surface area contributed by atoms with Gasteiger partial charge in [-0.05, 0) is 72.9 Å². The van der Waals surface area contributed by atoms with E-state index < -0.39 is 0 Å². The van der Waals surface area contributed by atoms with Crippen molar-refractivity contribution < 1.29 is 9.53 Å². The number of benzene rings is 2. The van der Waals surface area contributed by atoms with Crippen LogP contribution in [0.15, 0.2) is 60.8 Å². The second-order valence-corrected chi connectivity index (χ2v) is 9.90. The van der Waals surface area contributed by atoms with Crippen molar-refractivity contribution in [3.63, 3.8) is 0 Å². The highest BCUT2D eigenvalue weighted by Crippen LogP contribution is 2.39. The first kappa shape index (κ1) is 23.6. The van der Waals surface area contributed by atoms with E-state index in [0.717, 1.165) is 36.2 Å². The summed E-state index contributed by atoms with van der Waals surface area (Å²) >= 11 is 7.79. The van der Waals surface area contributed by atoms with E-state index in [1.54, 1.807) is 31.1 Å². The van der Waals surface area contributed by atoms with Crippen LogP contribution in [0.2, 0.25) is 5.02 Å². The van der Waals surface area contributed by atoms with Crippen molar-refractivity contribution >= 4 is 40.7 Å². The first-order valence-electron chi connectivity index (χ1n) is 11.6. The average molecular weight is 507 g/mol. The third-order valence-electron chi connectivity index (χ3n) is 6.41. The highest BCUT2D eigenvalue weighted by molar-refractivity contribution is 7.99. The first-order chi connectivity index (χ1) is 17.0. The highest BCUT2D eigenvalue weighted by Gasteiger charge is 2.26. The summed E-state index contributed by atoms with van der Waals surface area (Å²) in [6, 6.07) is 17.0. The van der Waals surface area contributed by atoms with Gasteiger partial charge in [0.05, 0.1) is 23.0 Å². The van der Waals surface area contributed by atoms with E-state index in [1.165, 1.54) is 5.56 Å². The maximum Gasteiger partial charge on any atom is 0.255 e. The van der Waals surface area contributed by atoms with Crippen LogP contribution in [0.1, 0.15) is 41.6 Å². The van der Waals surface area contributed by atoms with Crippen LogP contribution in [-0.2, 0) is 0 Å². The summed E-state index contributed by atoms with van der Waals surface area (Å²) in [6.45, 7) is 3.25. The predicted octanol–water partition coefficient (Wildman–Crippen LogP) is 6.79. The number of amides is 1. The van der Waals surface area contributed by atoms with Crippen molar-refractivity contribution in [2.75, 3.05) is 24.2 Å². The molecule has 3 heterocycles. The van der Waals surface area contributed by atoms with Crippen molar-refractivity contribution in [2.45, 2.75) is 25.7 Å². The minimum atomic E-state index is -0.155. The monoisotopic (exact) mass is 506 g/mol. The fourth-order valence-electron chi connectivity index (χ4n) is 4.60. The fourth-order valence-corrected chi connectivity index (χ4v) is 5.45. The van der Waals surface area contributed by atoms with Crippen molar-refractivity contribution in [2.24, 2.45) is 0 Å². The molecule has 0 saturated heterocycles. The number of carbonyl (C=O) groups is 1. The zero-order valence-corrected chi connectivity index (χ0v) is 21.5. The van der Waals surface area contributed by atoms with Crippen LogP contribution in [0.25, 0.3) is 16.8 Å². The second kappa shape index (κ2) is 9.84. The molecule has 6 nitrogen and oxygen atoms in total. The summed E-state index contributed by atoms with van der Waals surface area (Å²) in [7, 11) is 1.65. The van der Waals surface area contributed by atoms with Gasteiger partial charge in [0.25, 0.3) is 5.91 Å². The van der Waals surface area contributed by atoms with Gasteiger partial charge in [-0.25, -0.2) is 4.52 Å². The van der Waals surface area contributed by atoms with Gasteiger partial charge < -0.3 is 14.4 Å². The molecule has 1 unspecified atom stereocenters. The van der Waals surface area contributed by atoms with Crippen LogP contribution in [0.4, 0.5) is 5.69 Å². The molecule has 5 rings (SSSR count). The molecule has 1 aliphatic heterocycles. The van der Waals surface area contributed by atoms with Crippen LogP contribution < -0.4 is 14.4 Å². The van der Waals surface area contributed by atoms with Gasteiger partial charge in [-0.15, -0.1) is 0 Å². The third-order valence-corrected chi connectivity index (χ3v) is 7.47. The van der Waals surface area contributed by atoms with Gasteiger partial charge in [0.2, 0.25) is 0 Å². The Morgan fingerprint density at radius 1 is 1.17 bits per heavy atom. The number of pyridine rings is 1. The lowest BCUT2D eigenvalue weighted by molar-refractivity contribution is 0.0965. The molecular formula is C27H27ClN4O2S. The zero-order chi connectivity index (χ0) is 24.5. The van der Waals surface area contributed by atoms with E-state index in [-0.39, 0.29) is 5.91 Å². The summed E-state index contributed by atoms with van der Waals surface area (Å²) in [5, 5.41) is 8.29. The number of carbonyl (C=O) groups excluding carboxylic acids is 1. The van der Waals surface area contributed by atoms with E-state index in [9.17, 15) is 4.79 Å². The molecule has 8 heteroatoms. The van der Waals surface area contributed by atoms with E-state index in [1.807, 2.05) is 40.9 Å². The number of aromatic nitrogens is 2. The summed E-state index contributed by atoms with van der Waals surface area (Å²) in [5.41, 5.74) is 5.29. The molecule has 2 aromatic heterocycles. The molecule has 2 aromatic carbocycles. The Kier molecular flexibility index (Phi) is 6.62. The van der Waals surface area contributed by atoms with E-state index in [4.69, 9.17) is 21.4 Å². The summed E-state index contributed by atoms with van der Waals surface area (Å²) < 4.78 is 10.1. The van der Waals surface area contributed by atoms with Gasteiger partial charge in [0, 0.05) is 30.4 Å². The van der Waals surface area contributed by atoms with Gasteiger partial charge in [0.1, 0.15) is 17.2 Å². The maximum absolute atomic E-state index is 13.0. The summed E-state index contributed by atoms with van der Waals surface area (Å²) in [5.74, 6) is 1.60. The zero-order valence-electron chi connectivity index (χ0n) is 19.9.